The Hall–Kier alpha value is -0.710. The van der Waals surface area contributed by atoms with Crippen LogP contribution >= 0.6 is 12.4 Å². The minimum Gasteiger partial charge on any atom is -0.330 e. The summed E-state index contributed by atoms with van der Waals surface area (Å²) in [6.45, 7) is 0.408. The van der Waals surface area contributed by atoms with Crippen LogP contribution in [0.1, 0.15) is 25.7 Å². The van der Waals surface area contributed by atoms with Gasteiger partial charge in [-0.25, -0.2) is 25.9 Å². The van der Waals surface area contributed by atoms with Crippen molar-refractivity contribution >= 4 is 32.5 Å². The van der Waals surface area contributed by atoms with Crippen molar-refractivity contribution in [2.24, 2.45) is 11.7 Å². The van der Waals surface area contributed by atoms with Gasteiger partial charge in [0, 0.05) is 20.1 Å². The van der Waals surface area contributed by atoms with Gasteiger partial charge in [0.25, 0.3) is 0 Å². The highest BCUT2D eigenvalue weighted by molar-refractivity contribution is 7.92. The molecule has 2 atom stereocenters. The van der Waals surface area contributed by atoms with E-state index in [4.69, 9.17) is 5.73 Å². The molecule has 1 aliphatic rings. The van der Waals surface area contributed by atoms with Crippen molar-refractivity contribution in [3.05, 3.63) is 24.3 Å². The average Bonchev–Trinajstić information content (AvgIpc) is 2.55. The zero-order valence-electron chi connectivity index (χ0n) is 14.4. The number of hydrogen-bond donors (Lipinski definition) is 2. The van der Waals surface area contributed by atoms with E-state index in [0.717, 1.165) is 23.6 Å². The molecule has 1 saturated carbocycles. The topological polar surface area (TPSA) is 110 Å². The fraction of sp³-hybridized carbons (Fsp3) is 0.600. The lowest BCUT2D eigenvalue weighted by atomic mass is 9.85. The van der Waals surface area contributed by atoms with Gasteiger partial charge in [-0.15, -0.1) is 12.4 Å². The maximum absolute atomic E-state index is 12.8. The van der Waals surface area contributed by atoms with Gasteiger partial charge in [-0.1, -0.05) is 25.0 Å². The van der Waals surface area contributed by atoms with E-state index in [2.05, 4.69) is 4.72 Å². The summed E-state index contributed by atoms with van der Waals surface area (Å²) in [5.41, 5.74) is 5.75. The molecular weight excluding hydrogens is 386 g/mol. The van der Waals surface area contributed by atoms with Crippen LogP contribution < -0.4 is 10.5 Å². The Kier molecular flexibility index (Phi) is 7.85. The van der Waals surface area contributed by atoms with Gasteiger partial charge in [0.1, 0.15) is 9.79 Å². The minimum absolute atomic E-state index is 0. The van der Waals surface area contributed by atoms with Crippen molar-refractivity contribution in [1.82, 2.24) is 9.03 Å². The summed E-state index contributed by atoms with van der Waals surface area (Å²) in [4.78, 5) is -0.442. The van der Waals surface area contributed by atoms with Crippen LogP contribution in [-0.4, -0.2) is 47.8 Å². The van der Waals surface area contributed by atoms with Gasteiger partial charge in [0.2, 0.25) is 20.0 Å². The molecule has 2 rings (SSSR count). The second-order valence-electron chi connectivity index (χ2n) is 6.24. The van der Waals surface area contributed by atoms with E-state index in [1.54, 1.807) is 0 Å². The molecule has 10 heteroatoms. The second-order valence-corrected chi connectivity index (χ2v) is 10.0. The highest BCUT2D eigenvalue weighted by Crippen LogP contribution is 2.27. The lowest BCUT2D eigenvalue weighted by Crippen LogP contribution is -2.45. The zero-order chi connectivity index (χ0) is 18.0. The Morgan fingerprint density at radius 3 is 2.20 bits per heavy atom. The molecule has 0 bridgehead atoms. The molecule has 1 aromatic rings. The van der Waals surface area contributed by atoms with E-state index < -0.39 is 20.0 Å². The van der Waals surface area contributed by atoms with Gasteiger partial charge in [0.15, 0.2) is 0 Å². The van der Waals surface area contributed by atoms with Gasteiger partial charge in [-0.3, -0.25) is 0 Å². The average molecular weight is 412 g/mol. The van der Waals surface area contributed by atoms with Crippen molar-refractivity contribution in [1.29, 1.82) is 0 Å². The standard InChI is InChI=1S/C15H25N3O4S2.ClH/c1-18(2)24(21,22)15-10-6-5-9-14(15)23(19,20)17-13-8-4-3-7-12(13)11-16;/h5-6,9-10,12-13,17H,3-4,7-8,11,16H2,1-2H3;1H. The van der Waals surface area contributed by atoms with Crippen molar-refractivity contribution < 1.29 is 16.8 Å². The molecule has 1 aliphatic carbocycles. The molecule has 1 aromatic carbocycles. The Morgan fingerprint density at radius 2 is 1.64 bits per heavy atom. The molecule has 2 unspecified atom stereocenters. The molecule has 0 spiro atoms. The highest BCUT2D eigenvalue weighted by atomic mass is 35.5. The van der Waals surface area contributed by atoms with E-state index in [0.29, 0.717) is 13.0 Å². The lowest BCUT2D eigenvalue weighted by Gasteiger charge is -2.31. The van der Waals surface area contributed by atoms with E-state index in [1.807, 2.05) is 0 Å². The number of halogens is 1. The highest BCUT2D eigenvalue weighted by Gasteiger charge is 2.32. The van der Waals surface area contributed by atoms with Crippen LogP contribution in [0, 0.1) is 5.92 Å². The minimum atomic E-state index is -3.96. The van der Waals surface area contributed by atoms with E-state index in [1.165, 1.54) is 38.4 Å². The van der Waals surface area contributed by atoms with Gasteiger partial charge in [-0.05, 0) is 37.4 Å². The van der Waals surface area contributed by atoms with Crippen LogP contribution in [0.15, 0.2) is 34.1 Å². The Bertz CT molecular complexity index is 782. The molecule has 0 saturated heterocycles. The van der Waals surface area contributed by atoms with Gasteiger partial charge in [0.05, 0.1) is 0 Å². The first kappa shape index (κ1) is 22.3. The summed E-state index contributed by atoms with van der Waals surface area (Å²) in [5, 5.41) is 0. The number of nitrogens with zero attached hydrogens (tertiary/aromatic N) is 1. The van der Waals surface area contributed by atoms with Crippen LogP contribution in [0.2, 0.25) is 0 Å². The number of nitrogens with one attached hydrogen (secondary N) is 1. The smallest absolute Gasteiger partial charge is 0.243 e. The molecule has 0 radical (unpaired) electrons. The van der Waals surface area contributed by atoms with Crippen LogP contribution in [0.4, 0.5) is 0 Å². The SMILES string of the molecule is CN(C)S(=O)(=O)c1ccccc1S(=O)(=O)NC1CCCCC1CN.Cl. The fourth-order valence-electron chi connectivity index (χ4n) is 2.99. The number of sulfonamides is 2. The zero-order valence-corrected chi connectivity index (χ0v) is 16.8. The molecule has 7 nitrogen and oxygen atoms in total. The molecule has 144 valence electrons. The maximum atomic E-state index is 12.8. The Balaban J connectivity index is 0.00000312. The van der Waals surface area contributed by atoms with Gasteiger partial charge < -0.3 is 5.73 Å². The van der Waals surface area contributed by atoms with Crippen molar-refractivity contribution in [2.75, 3.05) is 20.6 Å². The predicted octanol–water partition coefficient (Wildman–Crippen LogP) is 1.15. The lowest BCUT2D eigenvalue weighted by molar-refractivity contribution is 0.296. The fourth-order valence-corrected chi connectivity index (χ4v) is 6.03. The quantitative estimate of drug-likeness (QED) is 0.729. The number of benzene rings is 1. The van der Waals surface area contributed by atoms with Crippen LogP contribution in [-0.2, 0) is 20.0 Å². The number of hydrogen-bond acceptors (Lipinski definition) is 5. The van der Waals surface area contributed by atoms with E-state index in [-0.39, 0.29) is 34.2 Å². The first-order valence-corrected chi connectivity index (χ1v) is 10.9. The molecule has 0 aromatic heterocycles. The van der Waals surface area contributed by atoms with Gasteiger partial charge in [-0.2, -0.15) is 0 Å². The van der Waals surface area contributed by atoms with E-state index >= 15 is 0 Å². The van der Waals surface area contributed by atoms with Gasteiger partial charge >= 0.3 is 0 Å². The summed E-state index contributed by atoms with van der Waals surface area (Å²) in [6, 6.07) is 5.40. The molecule has 0 amide bonds. The monoisotopic (exact) mass is 411 g/mol. The third-order valence-electron chi connectivity index (χ3n) is 4.42. The molecule has 0 heterocycles. The van der Waals surface area contributed by atoms with Crippen molar-refractivity contribution in [2.45, 2.75) is 41.5 Å². The number of rotatable bonds is 6. The maximum Gasteiger partial charge on any atom is 0.243 e. The summed E-state index contributed by atoms with van der Waals surface area (Å²) < 4.78 is 54.2. The Morgan fingerprint density at radius 1 is 1.08 bits per heavy atom. The largest absolute Gasteiger partial charge is 0.330 e. The third-order valence-corrected chi connectivity index (χ3v) is 7.97. The van der Waals surface area contributed by atoms with E-state index in [9.17, 15) is 16.8 Å². The summed E-state index contributed by atoms with van der Waals surface area (Å²) in [5.74, 6) is 0.0751. The first-order chi connectivity index (χ1) is 11.2. The number of nitrogens with two attached hydrogens (primary N) is 1. The normalized spacial score (nSPS) is 21.8. The summed E-state index contributed by atoms with van der Waals surface area (Å²) in [7, 11) is -5.08. The summed E-state index contributed by atoms with van der Waals surface area (Å²) >= 11 is 0. The molecular formula is C15H26ClN3O4S2. The van der Waals surface area contributed by atoms with Crippen LogP contribution in [0.25, 0.3) is 0 Å². The first-order valence-electron chi connectivity index (χ1n) is 7.94. The summed E-state index contributed by atoms with van der Waals surface area (Å²) in [6.07, 6.45) is 3.55. The molecule has 3 N–H and O–H groups in total. The van der Waals surface area contributed by atoms with Crippen LogP contribution in [0.3, 0.4) is 0 Å². The third kappa shape index (κ3) is 4.93. The van der Waals surface area contributed by atoms with Crippen molar-refractivity contribution in [3.8, 4) is 0 Å². The van der Waals surface area contributed by atoms with Crippen molar-refractivity contribution in [3.63, 3.8) is 0 Å². The second kappa shape index (κ2) is 8.79. The molecule has 0 aliphatic heterocycles. The molecule has 25 heavy (non-hydrogen) atoms. The van der Waals surface area contributed by atoms with Crippen LogP contribution in [0.5, 0.6) is 0 Å². The Labute approximate surface area is 156 Å². The molecule has 1 fully saturated rings. The predicted molar refractivity (Wildman–Crippen MR) is 99.7 cm³/mol.